The fourth-order valence-electron chi connectivity index (χ4n) is 3.78. The molecule has 2 aliphatic rings. The Hall–Kier alpha value is -2.03. The molecule has 0 atom stereocenters. The molecule has 1 amide bonds. The predicted octanol–water partition coefficient (Wildman–Crippen LogP) is 2.85. The first kappa shape index (κ1) is 20.3. The molecule has 3 heterocycles. The van der Waals surface area contributed by atoms with Crippen LogP contribution in [0.1, 0.15) is 46.9 Å². The third kappa shape index (κ3) is 3.89. The monoisotopic (exact) mass is 434 g/mol. The number of amides is 1. The second kappa shape index (κ2) is 8.01. The number of piperazine rings is 1. The Bertz CT molecular complexity index is 1030. The van der Waals surface area contributed by atoms with Gasteiger partial charge in [-0.15, -0.1) is 0 Å². The summed E-state index contributed by atoms with van der Waals surface area (Å²) in [6.07, 6.45) is 6.15. The van der Waals surface area contributed by atoms with Gasteiger partial charge in [-0.2, -0.15) is 4.31 Å². The molecule has 0 radical (unpaired) electrons. The smallest absolute Gasteiger partial charge is 0.255 e. The zero-order valence-corrected chi connectivity index (χ0v) is 17.8. The first-order valence-electron chi connectivity index (χ1n) is 9.74. The molecule has 9 heteroatoms. The summed E-state index contributed by atoms with van der Waals surface area (Å²) >= 11 is 6.07. The Morgan fingerprint density at radius 3 is 2.52 bits per heavy atom. The van der Waals surface area contributed by atoms with E-state index in [1.807, 2.05) is 0 Å². The lowest BCUT2D eigenvalue weighted by Crippen LogP contribution is -2.50. The van der Waals surface area contributed by atoms with Gasteiger partial charge in [0, 0.05) is 50.2 Å². The lowest BCUT2D eigenvalue weighted by molar-refractivity contribution is 0.0696. The van der Waals surface area contributed by atoms with Crippen LogP contribution in [0.3, 0.4) is 0 Å². The molecule has 29 heavy (non-hydrogen) atoms. The van der Waals surface area contributed by atoms with Crippen LogP contribution in [-0.2, 0) is 10.0 Å². The molecule has 0 unspecified atom stereocenters. The summed E-state index contributed by atoms with van der Waals surface area (Å²) < 4.78 is 28.1. The van der Waals surface area contributed by atoms with Crippen LogP contribution in [0.25, 0.3) is 0 Å². The van der Waals surface area contributed by atoms with Crippen molar-refractivity contribution in [1.29, 1.82) is 0 Å². The van der Waals surface area contributed by atoms with E-state index in [4.69, 9.17) is 11.6 Å². The highest BCUT2D eigenvalue weighted by Gasteiger charge is 2.35. The van der Waals surface area contributed by atoms with Gasteiger partial charge in [-0.1, -0.05) is 18.0 Å². The van der Waals surface area contributed by atoms with E-state index in [9.17, 15) is 13.2 Å². The molecule has 1 aliphatic heterocycles. The number of rotatable bonds is 4. The molecule has 1 aliphatic carbocycles. The van der Waals surface area contributed by atoms with Crippen molar-refractivity contribution in [2.45, 2.75) is 37.0 Å². The molecule has 0 aromatic carbocycles. The maximum absolute atomic E-state index is 13.3. The number of aryl methyl sites for hydroxylation is 1. The molecule has 1 saturated carbocycles. The first-order chi connectivity index (χ1) is 13.9. The maximum atomic E-state index is 13.3. The lowest BCUT2D eigenvalue weighted by Gasteiger charge is -2.35. The lowest BCUT2D eigenvalue weighted by atomic mass is 9.83. The molecule has 154 valence electrons. The number of nitrogens with zero attached hydrogens (tertiary/aromatic N) is 4. The zero-order valence-electron chi connectivity index (χ0n) is 16.2. The van der Waals surface area contributed by atoms with E-state index in [1.54, 1.807) is 30.2 Å². The Balaban J connectivity index is 1.52. The van der Waals surface area contributed by atoms with E-state index in [-0.39, 0.29) is 29.8 Å². The second-order valence-corrected chi connectivity index (χ2v) is 9.84. The first-order valence-corrected chi connectivity index (χ1v) is 11.6. The van der Waals surface area contributed by atoms with Gasteiger partial charge in [-0.3, -0.25) is 14.8 Å². The van der Waals surface area contributed by atoms with Crippen molar-refractivity contribution in [3.63, 3.8) is 0 Å². The van der Waals surface area contributed by atoms with E-state index in [0.29, 0.717) is 35.1 Å². The zero-order chi connectivity index (χ0) is 20.6. The molecule has 1 saturated heterocycles. The average Bonchev–Trinajstić information content (AvgIpc) is 2.68. The summed E-state index contributed by atoms with van der Waals surface area (Å²) in [5, 5.41) is 0.313. The normalized spacial score (nSPS) is 18.5. The molecule has 2 aromatic rings. The fourth-order valence-corrected chi connectivity index (χ4v) is 5.68. The molecule has 0 N–H and O–H groups in total. The van der Waals surface area contributed by atoms with Crippen molar-refractivity contribution in [3.05, 3.63) is 52.6 Å². The van der Waals surface area contributed by atoms with Gasteiger partial charge in [-0.05, 0) is 38.0 Å². The number of sulfonamides is 1. The van der Waals surface area contributed by atoms with Crippen LogP contribution in [0.2, 0.25) is 5.02 Å². The topological polar surface area (TPSA) is 83.5 Å². The van der Waals surface area contributed by atoms with Crippen molar-refractivity contribution in [2.24, 2.45) is 0 Å². The highest BCUT2D eigenvalue weighted by molar-refractivity contribution is 7.89. The van der Waals surface area contributed by atoms with Crippen molar-refractivity contribution in [2.75, 3.05) is 26.2 Å². The SMILES string of the molecule is Cc1ncccc1C(=O)N1CCN(S(=O)(=O)c2cc(Cl)cnc2C2CCC2)CC1. The van der Waals surface area contributed by atoms with Crippen LogP contribution >= 0.6 is 11.6 Å². The minimum Gasteiger partial charge on any atom is -0.336 e. The highest BCUT2D eigenvalue weighted by atomic mass is 35.5. The van der Waals surface area contributed by atoms with Crippen LogP contribution in [0.15, 0.2) is 35.5 Å². The van der Waals surface area contributed by atoms with Gasteiger partial charge in [0.2, 0.25) is 10.0 Å². The minimum atomic E-state index is -3.72. The van der Waals surface area contributed by atoms with Crippen LogP contribution in [-0.4, -0.2) is 59.7 Å². The molecule has 4 rings (SSSR count). The minimum absolute atomic E-state index is 0.118. The van der Waals surface area contributed by atoms with Crippen molar-refractivity contribution >= 4 is 27.5 Å². The van der Waals surface area contributed by atoms with E-state index in [0.717, 1.165) is 19.3 Å². The summed E-state index contributed by atoms with van der Waals surface area (Å²) in [6, 6.07) is 4.99. The Labute approximate surface area is 175 Å². The number of carbonyl (C=O) groups excluding carboxylic acids is 1. The van der Waals surface area contributed by atoms with Crippen molar-refractivity contribution in [3.8, 4) is 0 Å². The molecular formula is C20H23ClN4O3S. The maximum Gasteiger partial charge on any atom is 0.255 e. The van der Waals surface area contributed by atoms with Crippen LogP contribution in [0, 0.1) is 6.92 Å². The fraction of sp³-hybridized carbons (Fsp3) is 0.450. The summed E-state index contributed by atoms with van der Waals surface area (Å²) in [5.41, 5.74) is 1.84. The van der Waals surface area contributed by atoms with Gasteiger partial charge in [-0.25, -0.2) is 8.42 Å². The number of hydrogen-bond donors (Lipinski definition) is 0. The summed E-state index contributed by atoms with van der Waals surface area (Å²) in [5.74, 6) is 0.0562. The van der Waals surface area contributed by atoms with Crippen LogP contribution < -0.4 is 0 Å². The summed E-state index contributed by atoms with van der Waals surface area (Å²) in [4.78, 5) is 23.2. The van der Waals surface area contributed by atoms with Gasteiger partial charge in [0.25, 0.3) is 5.91 Å². The Morgan fingerprint density at radius 2 is 1.90 bits per heavy atom. The van der Waals surface area contributed by atoms with Gasteiger partial charge in [0.15, 0.2) is 0 Å². The number of halogens is 1. The third-order valence-corrected chi connectivity index (χ3v) is 7.86. The summed E-state index contributed by atoms with van der Waals surface area (Å²) in [7, 11) is -3.72. The van der Waals surface area contributed by atoms with E-state index in [2.05, 4.69) is 9.97 Å². The number of aromatic nitrogens is 2. The van der Waals surface area contributed by atoms with Gasteiger partial charge in [0.05, 0.1) is 16.3 Å². The van der Waals surface area contributed by atoms with Crippen LogP contribution in [0.5, 0.6) is 0 Å². The molecule has 7 nitrogen and oxygen atoms in total. The number of pyridine rings is 2. The van der Waals surface area contributed by atoms with E-state index < -0.39 is 10.0 Å². The molecular weight excluding hydrogens is 412 g/mol. The second-order valence-electron chi connectivity index (χ2n) is 7.50. The average molecular weight is 435 g/mol. The van der Waals surface area contributed by atoms with Gasteiger partial charge >= 0.3 is 0 Å². The highest BCUT2D eigenvalue weighted by Crippen LogP contribution is 2.39. The molecule has 2 aromatic heterocycles. The third-order valence-electron chi connectivity index (χ3n) is 5.72. The Kier molecular flexibility index (Phi) is 5.59. The van der Waals surface area contributed by atoms with E-state index >= 15 is 0 Å². The quantitative estimate of drug-likeness (QED) is 0.738. The van der Waals surface area contributed by atoms with Crippen molar-refractivity contribution in [1.82, 2.24) is 19.2 Å². The Morgan fingerprint density at radius 1 is 1.17 bits per heavy atom. The molecule has 2 fully saturated rings. The van der Waals surface area contributed by atoms with E-state index in [1.165, 1.54) is 16.6 Å². The van der Waals surface area contributed by atoms with Crippen LogP contribution in [0.4, 0.5) is 0 Å². The molecule has 0 spiro atoms. The van der Waals surface area contributed by atoms with Crippen molar-refractivity contribution < 1.29 is 13.2 Å². The molecule has 0 bridgehead atoms. The van der Waals surface area contributed by atoms with Gasteiger partial charge < -0.3 is 4.90 Å². The largest absolute Gasteiger partial charge is 0.336 e. The standard InChI is InChI=1S/C20H23ClN4O3S/c1-14-17(6-3-7-22-14)20(26)24-8-10-25(11-9-24)29(27,28)18-12-16(21)13-23-19(18)15-4-2-5-15/h3,6-7,12-13,15H,2,4-5,8-11H2,1H3. The number of hydrogen-bond acceptors (Lipinski definition) is 5. The predicted molar refractivity (Wildman–Crippen MR) is 109 cm³/mol. The number of carbonyl (C=O) groups is 1. The van der Waals surface area contributed by atoms with Gasteiger partial charge in [0.1, 0.15) is 4.90 Å². The summed E-state index contributed by atoms with van der Waals surface area (Å²) in [6.45, 7) is 2.94.